The Morgan fingerprint density at radius 1 is 1.47 bits per heavy atom. The largest absolute Gasteiger partial charge is 0.446 e. The zero-order valence-corrected chi connectivity index (χ0v) is 13.1. The molecule has 0 bridgehead atoms. The maximum atomic E-state index is 12.1. The molecule has 1 unspecified atom stereocenters. The van der Waals surface area contributed by atoms with E-state index in [1.807, 2.05) is 22.6 Å². The van der Waals surface area contributed by atoms with Gasteiger partial charge in [-0.2, -0.15) is 13.2 Å². The normalized spacial score (nSPS) is 13.5. The fourth-order valence-corrected chi connectivity index (χ4v) is 2.93. The van der Waals surface area contributed by atoms with E-state index in [0.29, 0.717) is 9.13 Å². The number of thioether (sulfide) groups is 1. The molecule has 0 aromatic heterocycles. The van der Waals surface area contributed by atoms with E-state index in [0.717, 1.165) is 0 Å². The van der Waals surface area contributed by atoms with Gasteiger partial charge in [0.2, 0.25) is 0 Å². The number of carbonyl (C=O) groups is 1. The molecule has 1 atom stereocenters. The van der Waals surface area contributed by atoms with Gasteiger partial charge >= 0.3 is 5.51 Å². The van der Waals surface area contributed by atoms with E-state index in [1.165, 1.54) is 18.2 Å². The number of Topliss-reactive ketones (excluding diaryl/α,β-unsaturated/α-hetero) is 1. The molecule has 0 N–H and O–H groups in total. The monoisotopic (exact) mass is 438 g/mol. The lowest BCUT2D eigenvalue weighted by atomic mass is 10.1. The Morgan fingerprint density at radius 3 is 2.47 bits per heavy atom. The number of rotatable bonds is 3. The van der Waals surface area contributed by atoms with Crippen molar-refractivity contribution in [1.29, 1.82) is 0 Å². The van der Waals surface area contributed by atoms with Crippen LogP contribution in [0.15, 0.2) is 23.1 Å². The van der Waals surface area contributed by atoms with Gasteiger partial charge in [0.1, 0.15) is 0 Å². The average Bonchev–Trinajstić information content (AvgIpc) is 2.14. The molecule has 0 saturated carbocycles. The molecule has 17 heavy (non-hydrogen) atoms. The molecule has 0 aliphatic heterocycles. The first-order valence-electron chi connectivity index (χ1n) is 4.44. The fraction of sp³-hybridized carbons (Fsp3) is 0.300. The van der Waals surface area contributed by atoms with Crippen molar-refractivity contribution in [2.24, 2.45) is 0 Å². The summed E-state index contributed by atoms with van der Waals surface area (Å²) >= 11 is 4.82. The van der Waals surface area contributed by atoms with E-state index in [2.05, 4.69) is 15.9 Å². The molecule has 0 amide bonds. The highest BCUT2D eigenvalue weighted by molar-refractivity contribution is 14.1. The summed E-state index contributed by atoms with van der Waals surface area (Å²) in [5, 5.41) is 0. The lowest BCUT2D eigenvalue weighted by Gasteiger charge is -2.09. The van der Waals surface area contributed by atoms with E-state index in [-0.39, 0.29) is 27.3 Å². The Labute approximate surface area is 123 Å². The minimum atomic E-state index is -4.31. The lowest BCUT2D eigenvalue weighted by Crippen LogP contribution is -2.11. The Hall–Kier alpha value is 0.240. The molecule has 0 heterocycles. The van der Waals surface area contributed by atoms with Crippen molar-refractivity contribution in [3.05, 3.63) is 27.3 Å². The lowest BCUT2D eigenvalue weighted by molar-refractivity contribution is -0.0328. The van der Waals surface area contributed by atoms with Crippen LogP contribution in [0.3, 0.4) is 0 Å². The number of benzene rings is 1. The summed E-state index contributed by atoms with van der Waals surface area (Å²) in [4.78, 5) is 11.4. The molecule has 1 aromatic rings. The van der Waals surface area contributed by atoms with Crippen LogP contribution in [0.2, 0.25) is 0 Å². The van der Waals surface area contributed by atoms with Crippen LogP contribution in [0, 0.1) is 3.57 Å². The first kappa shape index (κ1) is 15.3. The van der Waals surface area contributed by atoms with Crippen molar-refractivity contribution in [2.45, 2.75) is 22.2 Å². The van der Waals surface area contributed by atoms with Crippen LogP contribution in [0.5, 0.6) is 0 Å². The molecule has 0 saturated heterocycles. The van der Waals surface area contributed by atoms with Crippen molar-refractivity contribution in [2.75, 3.05) is 0 Å². The molecule has 0 radical (unpaired) electrons. The van der Waals surface area contributed by atoms with Crippen LogP contribution < -0.4 is 0 Å². The highest BCUT2D eigenvalue weighted by atomic mass is 127. The number of hydrogen-bond donors (Lipinski definition) is 0. The maximum Gasteiger partial charge on any atom is 0.446 e. The molecular formula is C10H7BrF3IOS. The van der Waals surface area contributed by atoms with Crippen molar-refractivity contribution >= 4 is 56.1 Å². The number of alkyl halides is 4. The quantitative estimate of drug-likeness (QED) is 0.290. The van der Waals surface area contributed by atoms with Crippen molar-refractivity contribution in [3.8, 4) is 0 Å². The zero-order valence-electron chi connectivity index (χ0n) is 8.52. The van der Waals surface area contributed by atoms with Gasteiger partial charge in [0.25, 0.3) is 0 Å². The van der Waals surface area contributed by atoms with Crippen molar-refractivity contribution in [1.82, 2.24) is 0 Å². The van der Waals surface area contributed by atoms with Crippen LogP contribution in [-0.4, -0.2) is 16.1 Å². The van der Waals surface area contributed by atoms with Crippen LogP contribution >= 0.6 is 50.3 Å². The Bertz CT molecular complexity index is 434. The molecule has 1 nitrogen and oxygen atoms in total. The van der Waals surface area contributed by atoms with Gasteiger partial charge in [0.05, 0.1) is 4.83 Å². The predicted molar refractivity (Wildman–Crippen MR) is 73.8 cm³/mol. The smallest absolute Gasteiger partial charge is 0.293 e. The number of halogens is 5. The number of carbonyl (C=O) groups excluding carboxylic acids is 1. The van der Waals surface area contributed by atoms with Crippen LogP contribution in [0.4, 0.5) is 13.2 Å². The summed E-state index contributed by atoms with van der Waals surface area (Å²) in [6.07, 6.45) is 0. The summed E-state index contributed by atoms with van der Waals surface area (Å²) in [7, 11) is 0. The summed E-state index contributed by atoms with van der Waals surface area (Å²) in [5.41, 5.74) is -3.88. The van der Waals surface area contributed by atoms with Crippen LogP contribution in [0.1, 0.15) is 17.3 Å². The molecule has 0 fully saturated rings. The Kier molecular flexibility index (Phi) is 5.33. The first-order valence-corrected chi connectivity index (χ1v) is 7.25. The summed E-state index contributed by atoms with van der Waals surface area (Å²) in [6.45, 7) is 1.68. The Balaban J connectivity index is 2.98. The van der Waals surface area contributed by atoms with E-state index in [1.54, 1.807) is 6.92 Å². The van der Waals surface area contributed by atoms with Gasteiger partial charge in [0, 0.05) is 14.0 Å². The second-order valence-corrected chi connectivity index (χ2v) is 6.84. The summed E-state index contributed by atoms with van der Waals surface area (Å²) in [6, 6.07) is 4.10. The average molecular weight is 439 g/mol. The maximum absolute atomic E-state index is 12.1. The standard InChI is InChI=1S/C10H7BrF3IOS/c1-5(11)9(16)7-3-2-6(4-8(7)15)17-10(12,13)14/h2-5H,1H3. The Morgan fingerprint density at radius 2 is 2.06 bits per heavy atom. The number of ketones is 1. The van der Waals surface area contributed by atoms with Crippen molar-refractivity contribution < 1.29 is 18.0 Å². The highest BCUT2D eigenvalue weighted by Gasteiger charge is 2.29. The van der Waals surface area contributed by atoms with Crippen molar-refractivity contribution in [3.63, 3.8) is 0 Å². The highest BCUT2D eigenvalue weighted by Crippen LogP contribution is 2.37. The molecule has 7 heteroatoms. The SMILES string of the molecule is CC(Br)C(=O)c1ccc(SC(F)(F)F)cc1I. The van der Waals surface area contributed by atoms with Gasteiger partial charge < -0.3 is 0 Å². The van der Waals surface area contributed by atoms with Crippen LogP contribution in [0.25, 0.3) is 0 Å². The molecule has 0 aliphatic rings. The van der Waals surface area contributed by atoms with E-state index in [4.69, 9.17) is 0 Å². The second-order valence-electron chi connectivity index (χ2n) is 3.17. The minimum absolute atomic E-state index is 0.0840. The van der Waals surface area contributed by atoms with Gasteiger partial charge in [-0.3, -0.25) is 4.79 Å². The summed E-state index contributed by atoms with van der Waals surface area (Å²) in [5.74, 6) is -0.141. The van der Waals surface area contributed by atoms with Crippen LogP contribution in [-0.2, 0) is 0 Å². The second kappa shape index (κ2) is 5.92. The molecular weight excluding hydrogens is 432 g/mol. The first-order chi connectivity index (χ1) is 7.70. The minimum Gasteiger partial charge on any atom is -0.293 e. The number of hydrogen-bond acceptors (Lipinski definition) is 2. The van der Waals surface area contributed by atoms with E-state index >= 15 is 0 Å². The van der Waals surface area contributed by atoms with Gasteiger partial charge in [-0.05, 0) is 59.5 Å². The van der Waals surface area contributed by atoms with Gasteiger partial charge in [-0.25, -0.2) is 0 Å². The summed E-state index contributed by atoms with van der Waals surface area (Å²) < 4.78 is 37.0. The molecule has 1 aromatic carbocycles. The fourth-order valence-electron chi connectivity index (χ4n) is 1.11. The zero-order chi connectivity index (χ0) is 13.2. The molecule has 1 rings (SSSR count). The topological polar surface area (TPSA) is 17.1 Å². The molecule has 0 aliphatic carbocycles. The molecule has 0 spiro atoms. The third kappa shape index (κ3) is 4.78. The van der Waals surface area contributed by atoms with Gasteiger partial charge in [-0.1, -0.05) is 15.9 Å². The van der Waals surface area contributed by atoms with E-state index < -0.39 is 5.51 Å². The molecule has 94 valence electrons. The third-order valence-corrected chi connectivity index (χ3v) is 3.83. The van der Waals surface area contributed by atoms with Gasteiger partial charge in [0.15, 0.2) is 5.78 Å². The predicted octanol–water partition coefficient (Wildman–Crippen LogP) is 4.87. The van der Waals surface area contributed by atoms with E-state index in [9.17, 15) is 18.0 Å². The van der Waals surface area contributed by atoms with Gasteiger partial charge in [-0.15, -0.1) is 0 Å². The third-order valence-electron chi connectivity index (χ3n) is 1.80.